The molecular weight excluding hydrogens is 314 g/mol. The molecule has 3 heterocycles. The second kappa shape index (κ2) is 6.67. The molecule has 2 bridgehead atoms. The van der Waals surface area contributed by atoms with Gasteiger partial charge < -0.3 is 15.5 Å². The Morgan fingerprint density at radius 1 is 1.24 bits per heavy atom. The van der Waals surface area contributed by atoms with E-state index in [1.807, 2.05) is 31.3 Å². The highest BCUT2D eigenvalue weighted by atomic mass is 16.2. The van der Waals surface area contributed by atoms with Gasteiger partial charge in [-0.15, -0.1) is 0 Å². The number of carbonyl (C=O) groups excluding carboxylic acids is 1. The van der Waals surface area contributed by atoms with Crippen molar-refractivity contribution in [2.24, 2.45) is 0 Å². The Morgan fingerprint density at radius 2 is 2.00 bits per heavy atom. The molecule has 2 N–H and O–H groups in total. The molecule has 6 heteroatoms. The topological polar surface area (TPSA) is 62.2 Å². The van der Waals surface area contributed by atoms with Crippen molar-refractivity contribution in [3.8, 4) is 0 Å². The lowest BCUT2D eigenvalue weighted by molar-refractivity contribution is 0.133. The van der Waals surface area contributed by atoms with E-state index in [4.69, 9.17) is 0 Å². The number of carbonyl (C=O) groups is 1. The molecule has 2 aromatic rings. The van der Waals surface area contributed by atoms with Crippen molar-refractivity contribution in [1.82, 2.24) is 20.0 Å². The average Bonchev–Trinajstić information content (AvgIpc) is 3.09. The fourth-order valence-corrected chi connectivity index (χ4v) is 4.40. The number of urea groups is 1. The maximum atomic E-state index is 11.9. The third-order valence-corrected chi connectivity index (χ3v) is 5.81. The molecule has 25 heavy (non-hydrogen) atoms. The van der Waals surface area contributed by atoms with Gasteiger partial charge in [-0.05, 0) is 57.4 Å². The Kier molecular flexibility index (Phi) is 4.37. The number of benzene rings is 1. The number of nitrogens with one attached hydrogen (secondary N) is 2. The first-order valence-corrected chi connectivity index (χ1v) is 9.39. The number of aromatic nitrogens is 2. The first-order chi connectivity index (χ1) is 12.2. The fraction of sp³-hybridized carbons (Fsp3) is 0.579. The summed E-state index contributed by atoms with van der Waals surface area (Å²) in [6.45, 7) is 2.73. The second-order valence-electron chi connectivity index (χ2n) is 7.42. The van der Waals surface area contributed by atoms with Crippen LogP contribution >= 0.6 is 0 Å². The van der Waals surface area contributed by atoms with Crippen molar-refractivity contribution in [2.45, 2.75) is 57.2 Å². The molecule has 2 atom stereocenters. The maximum Gasteiger partial charge on any atom is 0.319 e. The predicted octanol–water partition coefficient (Wildman–Crippen LogP) is 3.37. The van der Waals surface area contributed by atoms with Crippen molar-refractivity contribution >= 4 is 22.6 Å². The van der Waals surface area contributed by atoms with E-state index in [0.29, 0.717) is 24.7 Å². The van der Waals surface area contributed by atoms with Gasteiger partial charge in [0, 0.05) is 29.7 Å². The van der Waals surface area contributed by atoms with Gasteiger partial charge in [0.2, 0.25) is 0 Å². The minimum Gasteiger partial charge on any atom is -0.338 e. The quantitative estimate of drug-likeness (QED) is 0.896. The van der Waals surface area contributed by atoms with Crippen molar-refractivity contribution in [3.63, 3.8) is 0 Å². The van der Waals surface area contributed by atoms with Crippen LogP contribution in [0.2, 0.25) is 0 Å². The van der Waals surface area contributed by atoms with Gasteiger partial charge in [-0.25, -0.2) is 4.79 Å². The Hall–Kier alpha value is -2.08. The molecule has 2 aliphatic heterocycles. The summed E-state index contributed by atoms with van der Waals surface area (Å²) in [7, 11) is 2.26. The molecule has 1 aromatic carbocycles. The molecule has 2 amide bonds. The number of anilines is 1. The predicted molar refractivity (Wildman–Crippen MR) is 99.9 cm³/mol. The van der Waals surface area contributed by atoms with Crippen LogP contribution < -0.4 is 10.6 Å². The Bertz CT molecular complexity index is 756. The van der Waals surface area contributed by atoms with Gasteiger partial charge in [-0.1, -0.05) is 6.92 Å². The normalized spacial score (nSPS) is 26.1. The Labute approximate surface area is 148 Å². The summed E-state index contributed by atoms with van der Waals surface area (Å²) in [5, 5.41) is 11.6. The SMILES string of the molecule is CCCNC(=O)Nc1ccc2cnn(C3CC4CCC(C3)N4C)c2c1. The minimum atomic E-state index is -0.149. The van der Waals surface area contributed by atoms with Crippen LogP contribution in [0, 0.1) is 0 Å². The van der Waals surface area contributed by atoms with E-state index in [0.717, 1.165) is 23.0 Å². The number of piperidine rings is 1. The van der Waals surface area contributed by atoms with Crippen molar-refractivity contribution < 1.29 is 4.79 Å². The zero-order valence-corrected chi connectivity index (χ0v) is 15.0. The summed E-state index contributed by atoms with van der Waals surface area (Å²) < 4.78 is 2.18. The molecule has 0 radical (unpaired) electrons. The number of fused-ring (bicyclic) bond motifs is 3. The summed E-state index contributed by atoms with van der Waals surface area (Å²) in [4.78, 5) is 14.5. The molecule has 2 saturated heterocycles. The van der Waals surface area contributed by atoms with Gasteiger partial charge in [-0.3, -0.25) is 4.68 Å². The van der Waals surface area contributed by atoms with Crippen molar-refractivity contribution in [2.75, 3.05) is 18.9 Å². The number of rotatable bonds is 4. The van der Waals surface area contributed by atoms with Gasteiger partial charge in [-0.2, -0.15) is 5.10 Å². The fourth-order valence-electron chi connectivity index (χ4n) is 4.40. The van der Waals surface area contributed by atoms with E-state index in [1.165, 1.54) is 25.7 Å². The third kappa shape index (κ3) is 3.11. The zero-order valence-electron chi connectivity index (χ0n) is 15.0. The average molecular weight is 341 g/mol. The summed E-state index contributed by atoms with van der Waals surface area (Å²) in [5.74, 6) is 0. The highest BCUT2D eigenvalue weighted by Crippen LogP contribution is 2.40. The van der Waals surface area contributed by atoms with E-state index in [9.17, 15) is 4.79 Å². The minimum absolute atomic E-state index is 0.149. The van der Waals surface area contributed by atoms with Crippen LogP contribution in [0.15, 0.2) is 24.4 Å². The standard InChI is InChI=1S/C19H27N5O/c1-3-8-20-19(25)22-14-5-4-13-12-21-24(18(13)9-14)17-10-15-6-7-16(11-17)23(15)2/h4-5,9,12,15-17H,3,6-8,10-11H2,1-2H3,(H2,20,22,25). The molecule has 6 nitrogen and oxygen atoms in total. The monoisotopic (exact) mass is 341 g/mol. The van der Waals surface area contributed by atoms with E-state index < -0.39 is 0 Å². The summed E-state index contributed by atoms with van der Waals surface area (Å²) in [6.07, 6.45) is 7.81. The van der Waals surface area contributed by atoms with Gasteiger partial charge in [0.25, 0.3) is 0 Å². The second-order valence-corrected chi connectivity index (χ2v) is 7.42. The van der Waals surface area contributed by atoms with E-state index in [1.54, 1.807) is 0 Å². The number of hydrogen-bond acceptors (Lipinski definition) is 3. The first-order valence-electron chi connectivity index (χ1n) is 9.39. The lowest BCUT2D eigenvalue weighted by atomic mass is 9.98. The Balaban J connectivity index is 1.56. The molecular formula is C19H27N5O. The molecule has 2 unspecified atom stereocenters. The molecule has 0 spiro atoms. The highest BCUT2D eigenvalue weighted by molar-refractivity contribution is 5.92. The van der Waals surface area contributed by atoms with Crippen LogP contribution in [0.4, 0.5) is 10.5 Å². The van der Waals surface area contributed by atoms with Gasteiger partial charge >= 0.3 is 6.03 Å². The van der Waals surface area contributed by atoms with Crippen molar-refractivity contribution in [3.05, 3.63) is 24.4 Å². The van der Waals surface area contributed by atoms with Crippen LogP contribution in [0.1, 0.15) is 45.1 Å². The lowest BCUT2D eigenvalue weighted by Crippen LogP contribution is -2.40. The smallest absolute Gasteiger partial charge is 0.319 e. The molecule has 0 saturated carbocycles. The van der Waals surface area contributed by atoms with Gasteiger partial charge in [0.05, 0.1) is 17.8 Å². The summed E-state index contributed by atoms with van der Waals surface area (Å²) in [5.41, 5.74) is 1.93. The molecule has 0 aliphatic carbocycles. The Morgan fingerprint density at radius 3 is 2.72 bits per heavy atom. The summed E-state index contributed by atoms with van der Waals surface area (Å²) in [6, 6.07) is 7.71. The zero-order chi connectivity index (χ0) is 17.4. The first kappa shape index (κ1) is 16.4. The largest absolute Gasteiger partial charge is 0.338 e. The van der Waals surface area contributed by atoms with Crippen molar-refractivity contribution in [1.29, 1.82) is 0 Å². The number of nitrogens with zero attached hydrogens (tertiary/aromatic N) is 3. The van der Waals surface area contributed by atoms with Crippen LogP contribution in [-0.4, -0.2) is 46.4 Å². The van der Waals surface area contributed by atoms with Gasteiger partial charge in [0.1, 0.15) is 0 Å². The van der Waals surface area contributed by atoms with E-state index >= 15 is 0 Å². The molecule has 134 valence electrons. The number of amides is 2. The van der Waals surface area contributed by atoms with Crippen LogP contribution in [0.5, 0.6) is 0 Å². The molecule has 1 aromatic heterocycles. The summed E-state index contributed by atoms with van der Waals surface area (Å²) >= 11 is 0. The third-order valence-electron chi connectivity index (χ3n) is 5.81. The van der Waals surface area contributed by atoms with Crippen LogP contribution in [0.3, 0.4) is 0 Å². The number of hydrogen-bond donors (Lipinski definition) is 2. The van der Waals surface area contributed by atoms with Crippen LogP contribution in [-0.2, 0) is 0 Å². The molecule has 2 aliphatic rings. The maximum absolute atomic E-state index is 11.9. The molecule has 4 rings (SSSR count). The molecule has 2 fully saturated rings. The van der Waals surface area contributed by atoms with Crippen LogP contribution in [0.25, 0.3) is 10.9 Å². The van der Waals surface area contributed by atoms with Gasteiger partial charge in [0.15, 0.2) is 0 Å². The van der Waals surface area contributed by atoms with E-state index in [-0.39, 0.29) is 6.03 Å². The van der Waals surface area contributed by atoms with E-state index in [2.05, 4.69) is 32.4 Å². The lowest BCUT2D eigenvalue weighted by Gasteiger charge is -2.36. The highest BCUT2D eigenvalue weighted by Gasteiger charge is 2.39.